The Balaban J connectivity index is 1.57. The number of aliphatic hydroxyl groups is 1. The zero-order chi connectivity index (χ0) is 20.4. The Bertz CT molecular complexity index is 954. The van der Waals surface area contributed by atoms with Gasteiger partial charge in [-0.15, -0.1) is 0 Å². The highest BCUT2D eigenvalue weighted by Crippen LogP contribution is 2.26. The molecule has 29 heavy (non-hydrogen) atoms. The van der Waals surface area contributed by atoms with Crippen LogP contribution in [0.1, 0.15) is 32.7 Å². The van der Waals surface area contributed by atoms with Gasteiger partial charge in [0, 0.05) is 36.9 Å². The van der Waals surface area contributed by atoms with Crippen LogP contribution in [0.3, 0.4) is 0 Å². The monoisotopic (exact) mass is 391 g/mol. The molecule has 1 saturated heterocycles. The Morgan fingerprint density at radius 3 is 2.38 bits per heavy atom. The maximum atomic E-state index is 9.79. The number of hydrogen-bond acceptors (Lipinski definition) is 8. The molecule has 0 spiro atoms. The van der Waals surface area contributed by atoms with Gasteiger partial charge in [-0.3, -0.25) is 0 Å². The molecule has 0 aliphatic carbocycles. The molecule has 1 fully saturated rings. The highest BCUT2D eigenvalue weighted by atomic mass is 16.3. The van der Waals surface area contributed by atoms with Crippen molar-refractivity contribution in [1.29, 1.82) is 0 Å². The van der Waals surface area contributed by atoms with Crippen LogP contribution in [0.15, 0.2) is 48.9 Å². The lowest BCUT2D eigenvalue weighted by Crippen LogP contribution is -2.57. The van der Waals surface area contributed by atoms with Gasteiger partial charge in [-0.2, -0.15) is 4.98 Å². The van der Waals surface area contributed by atoms with Crippen LogP contribution >= 0.6 is 0 Å². The summed E-state index contributed by atoms with van der Waals surface area (Å²) < 4.78 is 0. The normalized spacial score (nSPS) is 20.6. The number of rotatable bonds is 4. The summed E-state index contributed by atoms with van der Waals surface area (Å²) in [5, 5.41) is 9.79. The van der Waals surface area contributed by atoms with Crippen molar-refractivity contribution in [3.63, 3.8) is 0 Å². The van der Waals surface area contributed by atoms with Crippen molar-refractivity contribution in [2.45, 2.75) is 39.0 Å². The summed E-state index contributed by atoms with van der Waals surface area (Å²) in [6.45, 7) is 7.53. The molecule has 8 heteroatoms. The van der Waals surface area contributed by atoms with Crippen LogP contribution in [-0.2, 0) is 0 Å². The Hall–Kier alpha value is -3.13. The Labute approximate surface area is 170 Å². The molecule has 0 radical (unpaired) electrons. The largest absolute Gasteiger partial charge is 0.385 e. The molecule has 0 unspecified atom stereocenters. The Morgan fingerprint density at radius 2 is 1.69 bits per heavy atom. The summed E-state index contributed by atoms with van der Waals surface area (Å²) >= 11 is 0. The lowest BCUT2D eigenvalue weighted by Gasteiger charge is -2.44. The van der Waals surface area contributed by atoms with Crippen molar-refractivity contribution in [3.05, 3.63) is 54.7 Å². The standard InChI is InChI=1S/C21H25N7O/c1-14-11-27(18-9-10-22-19(25-18)16(3)29)12-15(2)28(14)21-24-13-23-20(26-21)17-7-5-4-6-8-17/h4-10,13-16,29H,11-12H2,1-3H3/t14-,15+,16-/m0/s1. The van der Waals surface area contributed by atoms with E-state index in [1.54, 1.807) is 19.4 Å². The van der Waals surface area contributed by atoms with E-state index in [4.69, 9.17) is 4.98 Å². The van der Waals surface area contributed by atoms with Gasteiger partial charge in [-0.1, -0.05) is 30.3 Å². The molecule has 1 N–H and O–H groups in total. The Kier molecular flexibility index (Phi) is 5.35. The van der Waals surface area contributed by atoms with Crippen molar-refractivity contribution in [1.82, 2.24) is 24.9 Å². The minimum atomic E-state index is -0.687. The van der Waals surface area contributed by atoms with Crippen LogP contribution in [0.5, 0.6) is 0 Å². The van der Waals surface area contributed by atoms with E-state index in [0.29, 0.717) is 17.6 Å². The summed E-state index contributed by atoms with van der Waals surface area (Å²) in [5.41, 5.74) is 0.974. The fraction of sp³-hybridized carbons (Fsp3) is 0.381. The fourth-order valence-electron chi connectivity index (χ4n) is 3.78. The van der Waals surface area contributed by atoms with E-state index in [1.165, 1.54) is 0 Å². The fourth-order valence-corrected chi connectivity index (χ4v) is 3.78. The molecule has 4 rings (SSSR count). The van der Waals surface area contributed by atoms with Gasteiger partial charge >= 0.3 is 0 Å². The van der Waals surface area contributed by atoms with Crippen LogP contribution < -0.4 is 9.80 Å². The molecule has 3 heterocycles. The van der Waals surface area contributed by atoms with Crippen molar-refractivity contribution in [3.8, 4) is 11.4 Å². The molecular weight excluding hydrogens is 366 g/mol. The topological polar surface area (TPSA) is 91.2 Å². The number of anilines is 2. The number of hydrogen-bond donors (Lipinski definition) is 1. The minimum absolute atomic E-state index is 0.176. The summed E-state index contributed by atoms with van der Waals surface area (Å²) in [6.07, 6.45) is 2.59. The van der Waals surface area contributed by atoms with E-state index < -0.39 is 6.10 Å². The zero-order valence-electron chi connectivity index (χ0n) is 16.8. The van der Waals surface area contributed by atoms with Crippen LogP contribution in [0.2, 0.25) is 0 Å². The third-order valence-corrected chi connectivity index (χ3v) is 5.10. The minimum Gasteiger partial charge on any atom is -0.385 e. The number of aliphatic hydroxyl groups excluding tert-OH is 1. The van der Waals surface area contributed by atoms with Gasteiger partial charge < -0.3 is 14.9 Å². The molecule has 0 bridgehead atoms. The average molecular weight is 391 g/mol. The zero-order valence-corrected chi connectivity index (χ0v) is 16.8. The van der Waals surface area contributed by atoms with E-state index in [2.05, 4.69) is 43.6 Å². The van der Waals surface area contributed by atoms with Gasteiger partial charge in [0.05, 0.1) is 0 Å². The summed E-state index contributed by atoms with van der Waals surface area (Å²) in [5.74, 6) is 2.63. The van der Waals surface area contributed by atoms with Crippen LogP contribution in [0.25, 0.3) is 11.4 Å². The molecule has 3 atom stereocenters. The summed E-state index contributed by atoms with van der Waals surface area (Å²) in [4.78, 5) is 26.7. The molecule has 8 nitrogen and oxygen atoms in total. The second kappa shape index (κ2) is 8.08. The maximum absolute atomic E-state index is 9.79. The second-order valence-electron chi connectivity index (χ2n) is 7.43. The van der Waals surface area contributed by atoms with Crippen LogP contribution in [0.4, 0.5) is 11.8 Å². The molecule has 0 amide bonds. The first kappa shape index (κ1) is 19.2. The molecular formula is C21H25N7O. The van der Waals surface area contributed by atoms with Gasteiger partial charge in [0.2, 0.25) is 5.95 Å². The first-order valence-electron chi connectivity index (χ1n) is 9.81. The highest BCUT2D eigenvalue weighted by molar-refractivity contribution is 5.56. The SMILES string of the molecule is C[C@H](O)c1nccc(N2C[C@@H](C)N(c3ncnc(-c4ccccc4)n3)[C@@H](C)C2)n1. The molecule has 0 saturated carbocycles. The van der Waals surface area contributed by atoms with Crippen LogP contribution in [-0.4, -0.2) is 55.2 Å². The lowest BCUT2D eigenvalue weighted by atomic mass is 10.1. The van der Waals surface area contributed by atoms with E-state index in [9.17, 15) is 5.11 Å². The second-order valence-corrected chi connectivity index (χ2v) is 7.43. The smallest absolute Gasteiger partial charge is 0.229 e. The predicted molar refractivity (Wildman–Crippen MR) is 112 cm³/mol. The van der Waals surface area contributed by atoms with E-state index in [-0.39, 0.29) is 12.1 Å². The highest BCUT2D eigenvalue weighted by Gasteiger charge is 2.32. The molecule has 1 aliphatic rings. The third-order valence-electron chi connectivity index (χ3n) is 5.10. The van der Waals surface area contributed by atoms with Gasteiger partial charge in [-0.05, 0) is 26.8 Å². The van der Waals surface area contributed by atoms with Crippen molar-refractivity contribution >= 4 is 11.8 Å². The quantitative estimate of drug-likeness (QED) is 0.725. The third kappa shape index (κ3) is 4.02. The first-order chi connectivity index (χ1) is 14.0. The molecule has 2 aromatic heterocycles. The summed E-state index contributed by atoms with van der Waals surface area (Å²) in [6, 6.07) is 12.2. The molecule has 1 aromatic carbocycles. The molecule has 1 aliphatic heterocycles. The van der Waals surface area contributed by atoms with Crippen molar-refractivity contribution in [2.24, 2.45) is 0 Å². The average Bonchev–Trinajstić information content (AvgIpc) is 2.74. The van der Waals surface area contributed by atoms with Gasteiger partial charge in [0.15, 0.2) is 11.6 Å². The Morgan fingerprint density at radius 1 is 0.966 bits per heavy atom. The van der Waals surface area contributed by atoms with Crippen LogP contribution in [0, 0.1) is 0 Å². The van der Waals surface area contributed by atoms with E-state index >= 15 is 0 Å². The number of nitrogens with zero attached hydrogens (tertiary/aromatic N) is 7. The van der Waals surface area contributed by atoms with Gasteiger partial charge in [-0.25, -0.2) is 19.9 Å². The number of aromatic nitrogens is 5. The van der Waals surface area contributed by atoms with Crippen molar-refractivity contribution < 1.29 is 5.11 Å². The van der Waals surface area contributed by atoms with Gasteiger partial charge in [0.25, 0.3) is 0 Å². The molecule has 3 aromatic rings. The first-order valence-corrected chi connectivity index (χ1v) is 9.81. The maximum Gasteiger partial charge on any atom is 0.229 e. The molecule has 150 valence electrons. The number of benzene rings is 1. The summed E-state index contributed by atoms with van der Waals surface area (Å²) in [7, 11) is 0. The number of piperazine rings is 1. The predicted octanol–water partition coefficient (Wildman–Crippen LogP) is 2.49. The van der Waals surface area contributed by atoms with E-state index in [0.717, 1.165) is 24.5 Å². The van der Waals surface area contributed by atoms with Crippen molar-refractivity contribution in [2.75, 3.05) is 22.9 Å². The van der Waals surface area contributed by atoms with Gasteiger partial charge in [0.1, 0.15) is 18.2 Å². The van der Waals surface area contributed by atoms with E-state index in [1.807, 2.05) is 36.4 Å². The lowest BCUT2D eigenvalue weighted by molar-refractivity contribution is 0.189.